The quantitative estimate of drug-likeness (QED) is 0.898. The van der Waals surface area contributed by atoms with E-state index < -0.39 is 23.2 Å². The van der Waals surface area contributed by atoms with E-state index in [4.69, 9.17) is 11.6 Å². The lowest BCUT2D eigenvalue weighted by molar-refractivity contribution is -0.118. The number of carbonyl (C=O) groups is 1. The number of alkyl halides is 2. The van der Waals surface area contributed by atoms with Crippen LogP contribution in [0.2, 0.25) is 5.02 Å². The molecule has 0 saturated heterocycles. The van der Waals surface area contributed by atoms with Gasteiger partial charge in [0.05, 0.1) is 21.8 Å². The minimum atomic E-state index is -2.74. The Bertz CT molecular complexity index is 813. The Kier molecular flexibility index (Phi) is 3.75. The van der Waals surface area contributed by atoms with Gasteiger partial charge < -0.3 is 5.32 Å². The molecule has 1 aromatic carbocycles. The topological polar surface area (TPSA) is 72.7 Å². The SMILES string of the molecule is O=C(CC12CCCCC1C2(F)F)Nc1cc(-n2cnnn2)ccc1Cl. The normalized spacial score (nSPS) is 26.8. The van der Waals surface area contributed by atoms with Gasteiger partial charge in [-0.3, -0.25) is 4.79 Å². The summed E-state index contributed by atoms with van der Waals surface area (Å²) >= 11 is 6.12. The van der Waals surface area contributed by atoms with Gasteiger partial charge in [0, 0.05) is 12.3 Å². The number of nitrogens with zero attached hydrogens (tertiary/aromatic N) is 4. The summed E-state index contributed by atoms with van der Waals surface area (Å²) < 4.78 is 29.7. The van der Waals surface area contributed by atoms with Crippen molar-refractivity contribution in [3.05, 3.63) is 29.5 Å². The number of tetrazole rings is 1. The molecule has 1 amide bonds. The summed E-state index contributed by atoms with van der Waals surface area (Å²) in [5.41, 5.74) is -0.211. The fourth-order valence-electron chi connectivity index (χ4n) is 4.02. The third-order valence-corrected chi connectivity index (χ3v) is 5.69. The van der Waals surface area contributed by atoms with Gasteiger partial charge in [-0.1, -0.05) is 24.4 Å². The minimum absolute atomic E-state index is 0.184. The summed E-state index contributed by atoms with van der Waals surface area (Å²) in [6.45, 7) is 0. The van der Waals surface area contributed by atoms with Gasteiger partial charge in [0.1, 0.15) is 6.33 Å². The van der Waals surface area contributed by atoms with E-state index in [1.165, 1.54) is 11.0 Å². The van der Waals surface area contributed by atoms with Crippen molar-refractivity contribution in [2.75, 3.05) is 5.32 Å². The molecule has 0 spiro atoms. The Labute approximate surface area is 147 Å². The van der Waals surface area contributed by atoms with E-state index in [1.807, 2.05) is 0 Å². The highest BCUT2D eigenvalue weighted by Crippen LogP contribution is 2.73. The number of benzene rings is 1. The van der Waals surface area contributed by atoms with Crippen LogP contribution in [0, 0.1) is 11.3 Å². The molecular weight excluding hydrogens is 352 g/mol. The lowest BCUT2D eigenvalue weighted by Gasteiger charge is -2.20. The van der Waals surface area contributed by atoms with Crippen molar-refractivity contribution >= 4 is 23.2 Å². The maximum atomic E-state index is 14.2. The van der Waals surface area contributed by atoms with E-state index in [-0.39, 0.29) is 6.42 Å². The molecule has 132 valence electrons. The number of hydrogen-bond donors (Lipinski definition) is 1. The van der Waals surface area contributed by atoms with Crippen molar-refractivity contribution in [3.8, 4) is 5.69 Å². The number of fused-ring (bicyclic) bond motifs is 1. The molecule has 1 N–H and O–H groups in total. The number of halogens is 3. The molecule has 2 saturated carbocycles. The molecule has 2 fully saturated rings. The van der Waals surface area contributed by atoms with Crippen LogP contribution in [-0.4, -0.2) is 32.0 Å². The molecule has 2 aliphatic rings. The zero-order valence-corrected chi connectivity index (χ0v) is 14.0. The number of anilines is 1. The van der Waals surface area contributed by atoms with Crippen LogP contribution in [0.25, 0.3) is 5.69 Å². The Balaban J connectivity index is 1.51. The number of rotatable bonds is 4. The lowest BCUT2D eigenvalue weighted by Crippen LogP contribution is -2.23. The summed E-state index contributed by atoms with van der Waals surface area (Å²) in [6.07, 6.45) is 3.67. The van der Waals surface area contributed by atoms with E-state index in [1.54, 1.807) is 18.2 Å². The fourth-order valence-corrected chi connectivity index (χ4v) is 4.18. The molecule has 2 aliphatic carbocycles. The van der Waals surface area contributed by atoms with Gasteiger partial charge in [-0.15, -0.1) is 5.10 Å². The summed E-state index contributed by atoms with van der Waals surface area (Å²) in [4.78, 5) is 12.4. The third kappa shape index (κ3) is 2.59. The zero-order chi connectivity index (χ0) is 17.7. The second kappa shape index (κ2) is 5.72. The predicted molar refractivity (Wildman–Crippen MR) is 86.7 cm³/mol. The highest BCUT2D eigenvalue weighted by Gasteiger charge is 2.80. The Hall–Kier alpha value is -2.09. The fraction of sp³-hybridized carbons (Fsp3) is 0.500. The van der Waals surface area contributed by atoms with Gasteiger partial charge >= 0.3 is 0 Å². The lowest BCUT2D eigenvalue weighted by atomic mass is 9.85. The van der Waals surface area contributed by atoms with E-state index in [9.17, 15) is 13.6 Å². The van der Waals surface area contributed by atoms with Gasteiger partial charge in [0.15, 0.2) is 0 Å². The molecule has 25 heavy (non-hydrogen) atoms. The summed E-state index contributed by atoms with van der Waals surface area (Å²) in [6, 6.07) is 4.90. The Morgan fingerprint density at radius 1 is 1.40 bits per heavy atom. The molecule has 6 nitrogen and oxygen atoms in total. The van der Waals surface area contributed by atoms with Gasteiger partial charge in [-0.2, -0.15) is 0 Å². The highest BCUT2D eigenvalue weighted by atomic mass is 35.5. The maximum absolute atomic E-state index is 14.2. The third-order valence-electron chi connectivity index (χ3n) is 5.36. The van der Waals surface area contributed by atoms with Crippen LogP contribution in [0.15, 0.2) is 24.5 Å². The first-order valence-electron chi connectivity index (χ1n) is 8.15. The van der Waals surface area contributed by atoms with Crippen molar-refractivity contribution in [3.63, 3.8) is 0 Å². The monoisotopic (exact) mass is 367 g/mol. The molecule has 4 rings (SSSR count). The van der Waals surface area contributed by atoms with Crippen molar-refractivity contribution in [1.29, 1.82) is 0 Å². The van der Waals surface area contributed by atoms with E-state index in [0.717, 1.165) is 12.8 Å². The first-order chi connectivity index (χ1) is 11.9. The molecule has 0 aliphatic heterocycles. The molecule has 1 heterocycles. The number of amides is 1. The Morgan fingerprint density at radius 2 is 2.24 bits per heavy atom. The van der Waals surface area contributed by atoms with Crippen LogP contribution in [0.1, 0.15) is 32.1 Å². The molecule has 2 unspecified atom stereocenters. The van der Waals surface area contributed by atoms with Crippen LogP contribution < -0.4 is 5.32 Å². The molecule has 1 aromatic heterocycles. The average molecular weight is 368 g/mol. The number of carbonyl (C=O) groups excluding carboxylic acids is 1. The van der Waals surface area contributed by atoms with Crippen LogP contribution in [0.3, 0.4) is 0 Å². The van der Waals surface area contributed by atoms with Crippen LogP contribution >= 0.6 is 11.6 Å². The maximum Gasteiger partial charge on any atom is 0.258 e. The molecule has 9 heteroatoms. The van der Waals surface area contributed by atoms with E-state index in [2.05, 4.69) is 20.8 Å². The highest BCUT2D eigenvalue weighted by molar-refractivity contribution is 6.33. The number of aromatic nitrogens is 4. The summed E-state index contributed by atoms with van der Waals surface area (Å²) in [7, 11) is 0. The van der Waals surface area contributed by atoms with Gasteiger partial charge in [0.2, 0.25) is 5.91 Å². The zero-order valence-electron chi connectivity index (χ0n) is 13.3. The average Bonchev–Trinajstić information content (AvgIpc) is 2.96. The van der Waals surface area contributed by atoms with Crippen molar-refractivity contribution < 1.29 is 13.6 Å². The molecule has 0 radical (unpaired) electrons. The second-order valence-corrected chi connectivity index (χ2v) is 7.13. The molecule has 0 bridgehead atoms. The van der Waals surface area contributed by atoms with Crippen LogP contribution in [0.5, 0.6) is 0 Å². The number of nitrogens with one attached hydrogen (secondary N) is 1. The van der Waals surface area contributed by atoms with Crippen molar-refractivity contribution in [2.45, 2.75) is 38.0 Å². The van der Waals surface area contributed by atoms with Gasteiger partial charge in [-0.05, 0) is 41.5 Å². The van der Waals surface area contributed by atoms with E-state index >= 15 is 0 Å². The van der Waals surface area contributed by atoms with Gasteiger partial charge in [0.25, 0.3) is 5.92 Å². The molecular formula is C16H16ClF2N5O. The van der Waals surface area contributed by atoms with E-state index in [0.29, 0.717) is 29.2 Å². The first kappa shape index (κ1) is 16.4. The second-order valence-electron chi connectivity index (χ2n) is 6.72. The Morgan fingerprint density at radius 3 is 2.96 bits per heavy atom. The van der Waals surface area contributed by atoms with Crippen LogP contribution in [-0.2, 0) is 4.79 Å². The number of hydrogen-bond acceptors (Lipinski definition) is 4. The first-order valence-corrected chi connectivity index (χ1v) is 8.52. The predicted octanol–water partition coefficient (Wildman–Crippen LogP) is 3.47. The van der Waals surface area contributed by atoms with Crippen LogP contribution in [0.4, 0.5) is 14.5 Å². The molecule has 2 aromatic rings. The minimum Gasteiger partial charge on any atom is -0.325 e. The standard InChI is InChI=1S/C16H16ClF2N5O/c17-11-5-4-10(24-9-20-22-23-24)7-12(11)21-14(25)8-15-6-2-1-3-13(15)16(15,18)19/h4-5,7,9,13H,1-3,6,8H2,(H,21,25). The summed E-state index contributed by atoms with van der Waals surface area (Å²) in [5.74, 6) is -3.85. The van der Waals surface area contributed by atoms with Crippen molar-refractivity contribution in [2.24, 2.45) is 11.3 Å². The molecule has 2 atom stereocenters. The smallest absolute Gasteiger partial charge is 0.258 e. The summed E-state index contributed by atoms with van der Waals surface area (Å²) in [5, 5.41) is 13.9. The van der Waals surface area contributed by atoms with Gasteiger partial charge in [-0.25, -0.2) is 13.5 Å². The van der Waals surface area contributed by atoms with Crippen molar-refractivity contribution in [1.82, 2.24) is 20.2 Å². The largest absolute Gasteiger partial charge is 0.325 e.